The predicted molar refractivity (Wildman–Crippen MR) is 107 cm³/mol. The molecule has 0 aromatic carbocycles. The number of H-pyrrole nitrogens is 1. The van der Waals surface area contributed by atoms with Crippen LogP contribution >= 0.6 is 0 Å². The summed E-state index contributed by atoms with van der Waals surface area (Å²) in [6.07, 6.45) is 15.5. The van der Waals surface area contributed by atoms with Crippen LogP contribution < -0.4 is 5.32 Å². The van der Waals surface area contributed by atoms with Crippen LogP contribution in [0, 0.1) is 0 Å². The van der Waals surface area contributed by atoms with Gasteiger partial charge in [0.2, 0.25) is 5.95 Å². The van der Waals surface area contributed by atoms with Gasteiger partial charge >= 0.3 is 0 Å². The summed E-state index contributed by atoms with van der Waals surface area (Å²) in [7, 11) is 0. The number of hydrogen-bond donors (Lipinski definition) is 2. The maximum atomic E-state index is 5.81. The molecule has 5 heterocycles. The van der Waals surface area contributed by atoms with Crippen molar-refractivity contribution in [2.45, 2.75) is 43.7 Å². The first-order chi connectivity index (χ1) is 13.8. The van der Waals surface area contributed by atoms with E-state index in [1.54, 1.807) is 6.20 Å². The minimum absolute atomic E-state index is 0.188. The monoisotopic (exact) mass is 374 g/mol. The maximum Gasteiger partial charge on any atom is 0.224 e. The summed E-state index contributed by atoms with van der Waals surface area (Å²) < 4.78 is 7.83. The third-order valence-corrected chi connectivity index (χ3v) is 6.33. The Morgan fingerprint density at radius 2 is 2.07 bits per heavy atom. The zero-order valence-corrected chi connectivity index (χ0v) is 15.6. The molecule has 4 aromatic rings. The van der Waals surface area contributed by atoms with Gasteiger partial charge in [-0.15, -0.1) is 0 Å². The number of ether oxygens (including phenoxy) is 1. The predicted octanol–water partition coefficient (Wildman–Crippen LogP) is 3.79. The molecule has 28 heavy (non-hydrogen) atoms. The summed E-state index contributed by atoms with van der Waals surface area (Å²) in [6, 6.07) is 4.52. The molecule has 0 unspecified atom stereocenters. The van der Waals surface area contributed by atoms with Gasteiger partial charge in [0.15, 0.2) is 0 Å². The molecule has 2 aliphatic rings. The van der Waals surface area contributed by atoms with Crippen LogP contribution in [0.25, 0.3) is 27.8 Å². The lowest BCUT2D eigenvalue weighted by molar-refractivity contribution is -0.165. The van der Waals surface area contributed by atoms with Gasteiger partial charge in [-0.05, 0) is 44.2 Å². The first-order valence-electron chi connectivity index (χ1n) is 9.96. The van der Waals surface area contributed by atoms with Gasteiger partial charge in [0, 0.05) is 53.5 Å². The number of nitrogens with one attached hydrogen (secondary N) is 2. The number of rotatable bonds is 3. The van der Waals surface area contributed by atoms with Gasteiger partial charge in [-0.3, -0.25) is 0 Å². The highest BCUT2D eigenvalue weighted by atomic mass is 16.5. The number of aromatic amines is 1. The Kier molecular flexibility index (Phi) is 3.46. The van der Waals surface area contributed by atoms with E-state index < -0.39 is 0 Å². The molecule has 4 aromatic heterocycles. The normalized spacial score (nSPS) is 24.6. The molecule has 2 fully saturated rings. The molecule has 0 radical (unpaired) electrons. The zero-order chi connectivity index (χ0) is 18.6. The molecule has 7 nitrogen and oxygen atoms in total. The lowest BCUT2D eigenvalue weighted by Crippen LogP contribution is -2.48. The van der Waals surface area contributed by atoms with Crippen LogP contribution in [-0.2, 0) is 4.74 Å². The van der Waals surface area contributed by atoms with Crippen LogP contribution in [0.15, 0.2) is 43.1 Å². The SMILES string of the molecule is c1cn2cc(-c3c[nH]c4nc(N[C@H]5CC[C@]6(CCO6)CC5)ncc34)ccc2n1. The van der Waals surface area contributed by atoms with Crippen molar-refractivity contribution in [3.05, 3.63) is 43.1 Å². The average Bonchev–Trinajstić information content (AvgIpc) is 3.33. The highest BCUT2D eigenvalue weighted by Crippen LogP contribution is 2.41. The largest absolute Gasteiger partial charge is 0.375 e. The number of hydrogen-bond acceptors (Lipinski definition) is 5. The van der Waals surface area contributed by atoms with E-state index in [0.717, 1.165) is 60.1 Å². The average molecular weight is 374 g/mol. The molecule has 0 atom stereocenters. The van der Waals surface area contributed by atoms with Crippen molar-refractivity contribution < 1.29 is 4.74 Å². The molecular weight excluding hydrogens is 352 g/mol. The second-order valence-corrected chi connectivity index (χ2v) is 7.97. The number of aromatic nitrogens is 5. The van der Waals surface area contributed by atoms with Crippen LogP contribution in [0.3, 0.4) is 0 Å². The summed E-state index contributed by atoms with van der Waals surface area (Å²) in [5, 5.41) is 4.54. The summed E-state index contributed by atoms with van der Waals surface area (Å²) in [6.45, 7) is 0.931. The Hall–Kier alpha value is -2.93. The molecule has 7 heteroatoms. The lowest BCUT2D eigenvalue weighted by atomic mass is 9.77. The number of pyridine rings is 1. The van der Waals surface area contributed by atoms with E-state index in [9.17, 15) is 0 Å². The van der Waals surface area contributed by atoms with Gasteiger partial charge in [0.25, 0.3) is 0 Å². The van der Waals surface area contributed by atoms with E-state index in [2.05, 4.69) is 32.5 Å². The Morgan fingerprint density at radius 3 is 2.89 bits per heavy atom. The van der Waals surface area contributed by atoms with Crippen LogP contribution in [-0.4, -0.2) is 42.6 Å². The highest BCUT2D eigenvalue weighted by molar-refractivity contribution is 5.93. The Balaban J connectivity index is 1.24. The Morgan fingerprint density at radius 1 is 1.18 bits per heavy atom. The fourth-order valence-electron chi connectivity index (χ4n) is 4.55. The molecule has 1 spiro atoms. The highest BCUT2D eigenvalue weighted by Gasteiger charge is 2.41. The number of nitrogens with zero attached hydrogens (tertiary/aromatic N) is 4. The van der Waals surface area contributed by atoms with Crippen LogP contribution in [0.5, 0.6) is 0 Å². The summed E-state index contributed by atoms with van der Waals surface area (Å²) in [4.78, 5) is 16.9. The van der Waals surface area contributed by atoms with E-state index in [1.807, 2.05) is 29.1 Å². The van der Waals surface area contributed by atoms with Gasteiger partial charge in [-0.2, -0.15) is 4.98 Å². The van der Waals surface area contributed by atoms with Crippen molar-refractivity contribution in [2.75, 3.05) is 11.9 Å². The van der Waals surface area contributed by atoms with Crippen LogP contribution in [0.1, 0.15) is 32.1 Å². The van der Waals surface area contributed by atoms with Crippen molar-refractivity contribution >= 4 is 22.6 Å². The fourth-order valence-corrected chi connectivity index (χ4v) is 4.55. The van der Waals surface area contributed by atoms with Gasteiger partial charge in [0.05, 0.1) is 12.2 Å². The molecule has 6 rings (SSSR count). The lowest BCUT2D eigenvalue weighted by Gasteiger charge is -2.46. The minimum Gasteiger partial charge on any atom is -0.375 e. The standard InChI is InChI=1S/C21H22N6O/c1-2-18-22-8-9-27(18)13-14(1)16-11-23-19-17(16)12-24-20(26-19)25-15-3-5-21(6-4-15)7-10-28-21/h1-2,8-9,11-13,15H,3-7,10H2,(H2,23,24,25,26)/t15-,21+. The van der Waals surface area contributed by atoms with Gasteiger partial charge in [-0.25, -0.2) is 9.97 Å². The van der Waals surface area contributed by atoms with Crippen molar-refractivity contribution in [1.82, 2.24) is 24.3 Å². The molecular formula is C21H22N6O. The van der Waals surface area contributed by atoms with Crippen LogP contribution in [0.4, 0.5) is 5.95 Å². The third kappa shape index (κ3) is 2.57. The van der Waals surface area contributed by atoms with Gasteiger partial charge < -0.3 is 19.4 Å². The van der Waals surface area contributed by atoms with Crippen LogP contribution in [0.2, 0.25) is 0 Å². The molecule has 0 amide bonds. The van der Waals surface area contributed by atoms with Crippen molar-refractivity contribution in [3.8, 4) is 11.1 Å². The van der Waals surface area contributed by atoms with Crippen molar-refractivity contribution in [3.63, 3.8) is 0 Å². The van der Waals surface area contributed by atoms with Crippen molar-refractivity contribution in [1.29, 1.82) is 0 Å². The second-order valence-electron chi connectivity index (χ2n) is 7.97. The van der Waals surface area contributed by atoms with Gasteiger partial charge in [0.1, 0.15) is 11.3 Å². The van der Waals surface area contributed by atoms with E-state index in [4.69, 9.17) is 9.72 Å². The molecule has 142 valence electrons. The molecule has 2 N–H and O–H groups in total. The summed E-state index contributed by atoms with van der Waals surface area (Å²) in [5.74, 6) is 0.696. The topological polar surface area (TPSA) is 80.1 Å². The fraction of sp³-hybridized carbons (Fsp3) is 0.381. The Bertz CT molecular complexity index is 1150. The quantitative estimate of drug-likeness (QED) is 0.570. The van der Waals surface area contributed by atoms with E-state index >= 15 is 0 Å². The zero-order valence-electron chi connectivity index (χ0n) is 15.6. The number of fused-ring (bicyclic) bond motifs is 2. The first kappa shape index (κ1) is 16.1. The molecule has 1 saturated carbocycles. The molecule has 0 bridgehead atoms. The molecule has 1 aliphatic carbocycles. The first-order valence-corrected chi connectivity index (χ1v) is 9.96. The summed E-state index contributed by atoms with van der Waals surface area (Å²) in [5.41, 5.74) is 4.19. The number of anilines is 1. The third-order valence-electron chi connectivity index (χ3n) is 6.33. The maximum absolute atomic E-state index is 5.81. The smallest absolute Gasteiger partial charge is 0.224 e. The van der Waals surface area contributed by atoms with E-state index in [0.29, 0.717) is 12.0 Å². The molecule has 1 saturated heterocycles. The Labute approximate surface area is 162 Å². The van der Waals surface area contributed by atoms with Gasteiger partial charge in [-0.1, -0.05) is 0 Å². The second kappa shape index (κ2) is 6.04. The molecule has 1 aliphatic heterocycles. The van der Waals surface area contributed by atoms with Crippen molar-refractivity contribution in [2.24, 2.45) is 0 Å². The number of imidazole rings is 1. The van der Waals surface area contributed by atoms with E-state index in [-0.39, 0.29) is 5.60 Å². The minimum atomic E-state index is 0.188. The summed E-state index contributed by atoms with van der Waals surface area (Å²) >= 11 is 0. The van der Waals surface area contributed by atoms with E-state index in [1.165, 1.54) is 6.42 Å².